The molecule has 2 heterocycles. The van der Waals surface area contributed by atoms with Crippen LogP contribution in [-0.2, 0) is 6.18 Å². The van der Waals surface area contributed by atoms with Crippen molar-refractivity contribution in [3.05, 3.63) is 53.5 Å². The quantitative estimate of drug-likeness (QED) is 0.800. The van der Waals surface area contributed by atoms with Gasteiger partial charge < -0.3 is 5.32 Å². The molecular formula is C15H14F3N5. The third kappa shape index (κ3) is 3.10. The van der Waals surface area contributed by atoms with E-state index in [1.54, 1.807) is 19.1 Å². The Bertz CT molecular complexity index is 840. The number of halogens is 3. The molecule has 0 saturated heterocycles. The summed E-state index contributed by atoms with van der Waals surface area (Å²) in [6.45, 7) is 3.60. The van der Waals surface area contributed by atoms with E-state index in [0.29, 0.717) is 17.2 Å². The van der Waals surface area contributed by atoms with Gasteiger partial charge in [0, 0.05) is 17.8 Å². The van der Waals surface area contributed by atoms with Crippen molar-refractivity contribution < 1.29 is 13.2 Å². The Hall–Kier alpha value is -2.64. The SMILES string of the molecule is Cc1cc(N[C@H](C)c2cccc(C(F)(F)F)c2)n2ncnc2n1. The maximum atomic E-state index is 12.8. The van der Waals surface area contributed by atoms with Crippen LogP contribution in [-0.4, -0.2) is 19.6 Å². The second-order valence-electron chi connectivity index (χ2n) is 5.24. The topological polar surface area (TPSA) is 55.1 Å². The molecule has 0 unspecified atom stereocenters. The summed E-state index contributed by atoms with van der Waals surface area (Å²) in [6.07, 6.45) is -2.98. The van der Waals surface area contributed by atoms with Crippen LogP contribution in [0.5, 0.6) is 0 Å². The Balaban J connectivity index is 1.92. The van der Waals surface area contributed by atoms with Gasteiger partial charge in [0.15, 0.2) is 0 Å². The lowest BCUT2D eigenvalue weighted by molar-refractivity contribution is -0.137. The van der Waals surface area contributed by atoms with Gasteiger partial charge >= 0.3 is 6.18 Å². The van der Waals surface area contributed by atoms with Gasteiger partial charge in [-0.05, 0) is 31.5 Å². The fraction of sp³-hybridized carbons (Fsp3) is 0.267. The largest absolute Gasteiger partial charge is 0.416 e. The number of alkyl halides is 3. The van der Waals surface area contributed by atoms with Gasteiger partial charge in [-0.2, -0.15) is 27.8 Å². The molecule has 0 saturated carbocycles. The first-order chi connectivity index (χ1) is 10.8. The zero-order valence-electron chi connectivity index (χ0n) is 12.5. The molecule has 0 fully saturated rings. The molecule has 0 spiro atoms. The van der Waals surface area contributed by atoms with Crippen molar-refractivity contribution in [2.75, 3.05) is 5.32 Å². The standard InChI is InChI=1S/C15H14F3N5/c1-9-6-13(23-14(21-9)19-8-20-23)22-10(2)11-4-3-5-12(7-11)15(16,17)18/h3-8,10,22H,1-2H3/t10-/m1/s1. The summed E-state index contributed by atoms with van der Waals surface area (Å²) in [6, 6.07) is 6.68. The van der Waals surface area contributed by atoms with Gasteiger partial charge in [0.1, 0.15) is 12.1 Å². The first kappa shape index (κ1) is 15.3. The van der Waals surface area contributed by atoms with Gasteiger partial charge in [-0.15, -0.1) is 0 Å². The van der Waals surface area contributed by atoms with Gasteiger partial charge in [-0.1, -0.05) is 12.1 Å². The molecule has 120 valence electrons. The molecule has 0 aliphatic rings. The fourth-order valence-corrected chi connectivity index (χ4v) is 2.32. The summed E-state index contributed by atoms with van der Waals surface area (Å²) < 4.78 is 40.0. The average Bonchev–Trinajstić information content (AvgIpc) is 2.94. The summed E-state index contributed by atoms with van der Waals surface area (Å²) in [5.74, 6) is 1.05. The number of anilines is 1. The molecule has 0 radical (unpaired) electrons. The monoisotopic (exact) mass is 321 g/mol. The molecular weight excluding hydrogens is 307 g/mol. The van der Waals surface area contributed by atoms with Gasteiger partial charge in [-0.3, -0.25) is 0 Å². The van der Waals surface area contributed by atoms with Crippen molar-refractivity contribution in [2.45, 2.75) is 26.1 Å². The predicted octanol–water partition coefficient (Wildman–Crippen LogP) is 3.62. The van der Waals surface area contributed by atoms with Crippen LogP contribution >= 0.6 is 0 Å². The van der Waals surface area contributed by atoms with Crippen molar-refractivity contribution in [3.63, 3.8) is 0 Å². The van der Waals surface area contributed by atoms with Crippen LogP contribution in [0, 0.1) is 6.92 Å². The lowest BCUT2D eigenvalue weighted by Crippen LogP contribution is -2.13. The summed E-state index contributed by atoms with van der Waals surface area (Å²) in [5.41, 5.74) is 0.604. The smallest absolute Gasteiger partial charge is 0.363 e. The Morgan fingerprint density at radius 2 is 2.00 bits per heavy atom. The van der Waals surface area contributed by atoms with Crippen LogP contribution in [0.3, 0.4) is 0 Å². The van der Waals surface area contributed by atoms with Gasteiger partial charge in [0.05, 0.1) is 5.56 Å². The Kier molecular flexibility index (Phi) is 3.67. The number of aryl methyl sites for hydroxylation is 1. The molecule has 0 bridgehead atoms. The summed E-state index contributed by atoms with van der Waals surface area (Å²) in [7, 11) is 0. The van der Waals surface area contributed by atoms with Crippen molar-refractivity contribution in [1.82, 2.24) is 19.6 Å². The lowest BCUT2D eigenvalue weighted by atomic mass is 10.0. The summed E-state index contributed by atoms with van der Waals surface area (Å²) in [4.78, 5) is 8.24. The third-order valence-electron chi connectivity index (χ3n) is 3.46. The summed E-state index contributed by atoms with van der Waals surface area (Å²) >= 11 is 0. The van der Waals surface area contributed by atoms with Gasteiger partial charge in [0.25, 0.3) is 5.78 Å². The third-order valence-corrected chi connectivity index (χ3v) is 3.46. The van der Waals surface area contributed by atoms with Crippen LogP contribution in [0.4, 0.5) is 19.0 Å². The normalized spacial score (nSPS) is 13.3. The van der Waals surface area contributed by atoms with Crippen LogP contribution < -0.4 is 5.32 Å². The van der Waals surface area contributed by atoms with Crippen molar-refractivity contribution >= 4 is 11.6 Å². The molecule has 23 heavy (non-hydrogen) atoms. The van der Waals surface area contributed by atoms with Crippen LogP contribution in [0.15, 0.2) is 36.7 Å². The van der Waals surface area contributed by atoms with Crippen molar-refractivity contribution in [1.29, 1.82) is 0 Å². The van der Waals surface area contributed by atoms with Crippen LogP contribution in [0.25, 0.3) is 5.78 Å². The van der Waals surface area contributed by atoms with Gasteiger partial charge in [-0.25, -0.2) is 4.98 Å². The van der Waals surface area contributed by atoms with E-state index in [9.17, 15) is 13.2 Å². The highest BCUT2D eigenvalue weighted by atomic mass is 19.4. The minimum absolute atomic E-state index is 0.341. The molecule has 5 nitrogen and oxygen atoms in total. The molecule has 1 atom stereocenters. The molecule has 3 aromatic rings. The maximum absolute atomic E-state index is 12.8. The van der Waals surface area contributed by atoms with E-state index >= 15 is 0 Å². The zero-order chi connectivity index (χ0) is 16.6. The van der Waals surface area contributed by atoms with E-state index in [4.69, 9.17) is 0 Å². The number of nitrogens with one attached hydrogen (secondary N) is 1. The van der Waals surface area contributed by atoms with E-state index in [-0.39, 0.29) is 6.04 Å². The molecule has 0 aliphatic heterocycles. The van der Waals surface area contributed by atoms with Crippen LogP contribution in [0.1, 0.15) is 29.8 Å². The summed E-state index contributed by atoms with van der Waals surface area (Å²) in [5, 5.41) is 7.22. The molecule has 8 heteroatoms. The Labute approximate surface area is 130 Å². The second kappa shape index (κ2) is 5.53. The van der Waals surface area contributed by atoms with E-state index in [1.807, 2.05) is 6.92 Å². The highest BCUT2D eigenvalue weighted by Crippen LogP contribution is 2.31. The minimum atomic E-state index is -4.36. The molecule has 0 aliphatic carbocycles. The molecule has 1 aromatic carbocycles. The Morgan fingerprint density at radius 1 is 1.22 bits per heavy atom. The van der Waals surface area contributed by atoms with Gasteiger partial charge in [0.2, 0.25) is 0 Å². The van der Waals surface area contributed by atoms with E-state index in [0.717, 1.165) is 17.8 Å². The average molecular weight is 321 g/mol. The number of hydrogen-bond donors (Lipinski definition) is 1. The van der Waals surface area contributed by atoms with E-state index in [2.05, 4.69) is 20.4 Å². The number of nitrogens with zero attached hydrogens (tertiary/aromatic N) is 4. The molecule has 3 rings (SSSR count). The zero-order valence-corrected chi connectivity index (χ0v) is 12.5. The second-order valence-corrected chi connectivity index (χ2v) is 5.24. The molecule has 1 N–H and O–H groups in total. The number of aromatic nitrogens is 4. The number of hydrogen-bond acceptors (Lipinski definition) is 4. The van der Waals surface area contributed by atoms with Crippen LogP contribution in [0.2, 0.25) is 0 Å². The van der Waals surface area contributed by atoms with Crippen molar-refractivity contribution in [2.24, 2.45) is 0 Å². The maximum Gasteiger partial charge on any atom is 0.416 e. The number of fused-ring (bicyclic) bond motifs is 1. The first-order valence-corrected chi connectivity index (χ1v) is 6.95. The Morgan fingerprint density at radius 3 is 2.74 bits per heavy atom. The highest BCUT2D eigenvalue weighted by molar-refractivity contribution is 5.46. The van der Waals surface area contributed by atoms with Crippen molar-refractivity contribution in [3.8, 4) is 0 Å². The molecule has 0 amide bonds. The number of rotatable bonds is 3. The first-order valence-electron chi connectivity index (χ1n) is 6.95. The molecule has 2 aromatic heterocycles. The van der Waals surface area contributed by atoms with E-state index in [1.165, 1.54) is 16.9 Å². The highest BCUT2D eigenvalue weighted by Gasteiger charge is 2.30. The number of benzene rings is 1. The lowest BCUT2D eigenvalue weighted by Gasteiger charge is -2.18. The predicted molar refractivity (Wildman–Crippen MR) is 79.0 cm³/mol. The minimum Gasteiger partial charge on any atom is -0.363 e. The van der Waals surface area contributed by atoms with E-state index < -0.39 is 11.7 Å². The fourth-order valence-electron chi connectivity index (χ4n) is 2.32.